The van der Waals surface area contributed by atoms with Gasteiger partial charge in [-0.3, -0.25) is 9.59 Å². The summed E-state index contributed by atoms with van der Waals surface area (Å²) in [5, 5.41) is 12.2. The lowest BCUT2D eigenvalue weighted by Gasteiger charge is -2.24. The molecule has 2 aromatic carbocycles. The summed E-state index contributed by atoms with van der Waals surface area (Å²) >= 11 is 0. The van der Waals surface area contributed by atoms with Crippen LogP contribution in [0.15, 0.2) is 60.2 Å². The minimum atomic E-state index is -0.904. The van der Waals surface area contributed by atoms with Gasteiger partial charge in [-0.25, -0.2) is 4.79 Å². The van der Waals surface area contributed by atoms with Gasteiger partial charge in [-0.15, -0.1) is 0 Å². The fraction of sp³-hybridized carbons (Fsp3) is 0.393. The Morgan fingerprint density at radius 3 is 2.20 bits per heavy atom. The fourth-order valence-electron chi connectivity index (χ4n) is 5.05. The summed E-state index contributed by atoms with van der Waals surface area (Å²) in [5.41, 5.74) is 5.54. The molecule has 0 spiro atoms. The maximum atomic E-state index is 13.2. The van der Waals surface area contributed by atoms with Gasteiger partial charge in [0.2, 0.25) is 5.91 Å². The minimum absolute atomic E-state index is 0.0733. The highest BCUT2D eigenvalue weighted by molar-refractivity contribution is 5.87. The van der Waals surface area contributed by atoms with E-state index < -0.39 is 24.0 Å². The molecule has 35 heavy (non-hydrogen) atoms. The van der Waals surface area contributed by atoms with E-state index in [-0.39, 0.29) is 30.9 Å². The molecular weight excluding hydrogens is 444 g/mol. The number of hydrogen-bond donors (Lipinski definition) is 2. The molecule has 2 aliphatic rings. The second-order valence-corrected chi connectivity index (χ2v) is 9.70. The zero-order chi connectivity index (χ0) is 25.1. The normalized spacial score (nSPS) is 19.5. The summed E-state index contributed by atoms with van der Waals surface area (Å²) in [6.45, 7) is 6.34. The third-order valence-corrected chi connectivity index (χ3v) is 6.94. The molecule has 184 valence electrons. The average Bonchev–Trinajstić information content (AvgIpc) is 3.38. The van der Waals surface area contributed by atoms with Crippen molar-refractivity contribution in [2.75, 3.05) is 19.7 Å². The first kappa shape index (κ1) is 24.5. The van der Waals surface area contributed by atoms with Gasteiger partial charge in [-0.2, -0.15) is 0 Å². The molecule has 1 fully saturated rings. The molecule has 3 atom stereocenters. The van der Waals surface area contributed by atoms with E-state index in [0.717, 1.165) is 27.8 Å². The highest BCUT2D eigenvalue weighted by Crippen LogP contribution is 2.44. The van der Waals surface area contributed by atoms with Crippen LogP contribution in [0.3, 0.4) is 0 Å². The molecule has 1 saturated heterocycles. The van der Waals surface area contributed by atoms with Gasteiger partial charge in [-0.05, 0) is 48.4 Å². The molecule has 0 aromatic heterocycles. The predicted molar refractivity (Wildman–Crippen MR) is 133 cm³/mol. The van der Waals surface area contributed by atoms with Gasteiger partial charge in [0.1, 0.15) is 12.6 Å². The van der Waals surface area contributed by atoms with Crippen molar-refractivity contribution >= 4 is 18.0 Å². The summed E-state index contributed by atoms with van der Waals surface area (Å²) < 4.78 is 5.63. The number of carboxylic acid groups (broad SMARTS) is 1. The van der Waals surface area contributed by atoms with Gasteiger partial charge in [0.25, 0.3) is 0 Å². The molecule has 1 heterocycles. The van der Waals surface area contributed by atoms with Gasteiger partial charge < -0.3 is 20.1 Å². The van der Waals surface area contributed by atoms with Gasteiger partial charge in [0, 0.05) is 19.0 Å². The van der Waals surface area contributed by atoms with Crippen LogP contribution in [-0.4, -0.2) is 53.7 Å². The number of rotatable bonds is 7. The first-order valence-electron chi connectivity index (χ1n) is 12.0. The molecule has 2 N–H and O–H groups in total. The Labute approximate surface area is 205 Å². The van der Waals surface area contributed by atoms with E-state index in [1.807, 2.05) is 51.1 Å². The molecule has 3 unspecified atom stereocenters. The third kappa shape index (κ3) is 5.24. The first-order valence-corrected chi connectivity index (χ1v) is 12.0. The number of carbonyl (C=O) groups excluding carboxylic acids is 2. The number of carboxylic acids is 1. The third-order valence-electron chi connectivity index (χ3n) is 6.94. The number of allylic oxidation sites excluding steroid dienone is 1. The van der Waals surface area contributed by atoms with Crippen molar-refractivity contribution in [3.05, 3.63) is 71.3 Å². The monoisotopic (exact) mass is 476 g/mol. The second-order valence-electron chi connectivity index (χ2n) is 9.70. The number of fused-ring (bicyclic) bond motifs is 3. The van der Waals surface area contributed by atoms with Crippen LogP contribution in [0.5, 0.6) is 0 Å². The molecule has 0 bridgehead atoms. The van der Waals surface area contributed by atoms with Crippen LogP contribution in [-0.2, 0) is 14.3 Å². The van der Waals surface area contributed by atoms with Crippen molar-refractivity contribution < 1.29 is 24.2 Å². The molecule has 1 aliphatic carbocycles. The van der Waals surface area contributed by atoms with E-state index in [9.17, 15) is 19.5 Å². The van der Waals surface area contributed by atoms with Crippen LogP contribution in [0.1, 0.15) is 44.2 Å². The number of amides is 2. The lowest BCUT2D eigenvalue weighted by Crippen LogP contribution is -2.48. The Morgan fingerprint density at radius 2 is 1.66 bits per heavy atom. The van der Waals surface area contributed by atoms with Crippen LogP contribution >= 0.6 is 0 Å². The molecule has 2 amide bonds. The largest absolute Gasteiger partial charge is 0.481 e. The summed E-state index contributed by atoms with van der Waals surface area (Å²) in [4.78, 5) is 39.1. The molecular formula is C28H32N2O5. The Balaban J connectivity index is 1.44. The highest BCUT2D eigenvalue weighted by atomic mass is 16.5. The summed E-state index contributed by atoms with van der Waals surface area (Å²) in [6, 6.07) is 15.4. The number of likely N-dealkylation sites (tertiary alicyclic amines) is 1. The molecule has 7 heteroatoms. The molecule has 0 saturated carbocycles. The number of hydrogen-bond acceptors (Lipinski definition) is 4. The second kappa shape index (κ2) is 10.3. The van der Waals surface area contributed by atoms with Crippen molar-refractivity contribution in [2.45, 2.75) is 39.2 Å². The Morgan fingerprint density at radius 1 is 1.06 bits per heavy atom. The Kier molecular flexibility index (Phi) is 7.24. The van der Waals surface area contributed by atoms with Crippen LogP contribution in [0.2, 0.25) is 0 Å². The number of nitrogens with zero attached hydrogens (tertiary/aromatic N) is 1. The smallest absolute Gasteiger partial charge is 0.407 e. The van der Waals surface area contributed by atoms with E-state index in [2.05, 4.69) is 29.6 Å². The molecule has 0 radical (unpaired) electrons. The number of ether oxygens (including phenoxy) is 1. The number of alkyl carbamates (subject to hydrolysis) is 1. The lowest BCUT2D eigenvalue weighted by atomic mass is 9.98. The number of benzene rings is 2. The standard InChI is InChI=1S/C28H32N2O5/c1-17(2)12-13-25(26(31)30-14-18(3)23(15-30)27(32)33)29-28(34)35-16-24-21-10-6-4-8-19(21)20-9-5-7-11-22(20)24/h4-12,18,23-25H,13-16H2,1-3H3,(H,29,34)(H,32,33). The maximum Gasteiger partial charge on any atom is 0.407 e. The van der Waals surface area contributed by atoms with Crippen LogP contribution in [0, 0.1) is 11.8 Å². The van der Waals surface area contributed by atoms with E-state index in [1.165, 1.54) is 4.90 Å². The summed E-state index contributed by atoms with van der Waals surface area (Å²) in [7, 11) is 0. The van der Waals surface area contributed by atoms with E-state index in [4.69, 9.17) is 4.74 Å². The van der Waals surface area contributed by atoms with Gasteiger partial charge in [0.05, 0.1) is 5.92 Å². The fourth-order valence-corrected chi connectivity index (χ4v) is 5.05. The first-order chi connectivity index (χ1) is 16.8. The predicted octanol–water partition coefficient (Wildman–Crippen LogP) is 4.43. The van der Waals surface area contributed by atoms with Crippen LogP contribution in [0.4, 0.5) is 4.79 Å². The van der Waals surface area contributed by atoms with Crippen molar-refractivity contribution in [2.24, 2.45) is 11.8 Å². The Hall–Kier alpha value is -3.61. The zero-order valence-corrected chi connectivity index (χ0v) is 20.4. The zero-order valence-electron chi connectivity index (χ0n) is 20.4. The maximum absolute atomic E-state index is 13.2. The quantitative estimate of drug-likeness (QED) is 0.577. The average molecular weight is 477 g/mol. The van der Waals surface area contributed by atoms with Crippen molar-refractivity contribution in [1.82, 2.24) is 10.2 Å². The van der Waals surface area contributed by atoms with Crippen LogP contribution < -0.4 is 5.32 Å². The topological polar surface area (TPSA) is 95.9 Å². The number of aliphatic carboxylic acids is 1. The van der Waals surface area contributed by atoms with Crippen molar-refractivity contribution in [3.8, 4) is 11.1 Å². The van der Waals surface area contributed by atoms with Crippen molar-refractivity contribution in [1.29, 1.82) is 0 Å². The molecule has 4 rings (SSSR count). The lowest BCUT2D eigenvalue weighted by molar-refractivity contribution is -0.142. The minimum Gasteiger partial charge on any atom is -0.481 e. The van der Waals surface area contributed by atoms with E-state index in [0.29, 0.717) is 13.0 Å². The van der Waals surface area contributed by atoms with E-state index in [1.54, 1.807) is 0 Å². The SMILES string of the molecule is CC(C)=CCC(NC(=O)OCC1c2ccccc2-c2ccccc21)C(=O)N1CC(C)C(C(=O)O)C1. The summed E-state index contributed by atoms with van der Waals surface area (Å²) in [5.74, 6) is -2.01. The molecule has 7 nitrogen and oxygen atoms in total. The Bertz CT molecular complexity index is 1110. The molecule has 1 aliphatic heterocycles. The van der Waals surface area contributed by atoms with Gasteiger partial charge in [0.15, 0.2) is 0 Å². The van der Waals surface area contributed by atoms with Crippen molar-refractivity contribution in [3.63, 3.8) is 0 Å². The van der Waals surface area contributed by atoms with Crippen LogP contribution in [0.25, 0.3) is 11.1 Å². The van der Waals surface area contributed by atoms with Gasteiger partial charge in [-0.1, -0.05) is 67.1 Å². The molecule has 2 aromatic rings. The van der Waals surface area contributed by atoms with E-state index >= 15 is 0 Å². The number of nitrogens with one attached hydrogen (secondary N) is 1. The highest BCUT2D eigenvalue weighted by Gasteiger charge is 2.39. The van der Waals surface area contributed by atoms with Gasteiger partial charge >= 0.3 is 12.1 Å². The number of carbonyl (C=O) groups is 3. The summed E-state index contributed by atoms with van der Waals surface area (Å²) in [6.07, 6.45) is 1.54.